The molecule has 0 heterocycles. The molecule has 0 aliphatic heterocycles. The Morgan fingerprint density at radius 1 is 1.40 bits per heavy atom. The van der Waals surface area contributed by atoms with Crippen LogP contribution in [0.1, 0.15) is 0 Å². The van der Waals surface area contributed by atoms with E-state index in [1.807, 2.05) is 0 Å². The third kappa shape index (κ3) is 6.06. The lowest BCUT2D eigenvalue weighted by molar-refractivity contribution is -0.177. The molecule has 0 N–H and O–H groups in total. The van der Waals surface area contributed by atoms with Crippen LogP contribution in [-0.4, -0.2) is 21.8 Å². The molecule has 0 spiro atoms. The third-order valence-corrected chi connectivity index (χ3v) is 2.17. The van der Waals surface area contributed by atoms with Gasteiger partial charge in [0.15, 0.2) is 0 Å². The Kier molecular flexibility index (Phi) is 3.92. The number of rotatable bonds is 4. The molecule has 0 aliphatic carbocycles. The molecule has 6 nitrogen and oxygen atoms in total. The van der Waals surface area contributed by atoms with Gasteiger partial charge in [-0.2, -0.15) is 13.3 Å². The second kappa shape index (κ2) is 3.95. The third-order valence-electron chi connectivity index (χ3n) is 0.332. The van der Waals surface area contributed by atoms with Crippen molar-refractivity contribution >= 4 is 18.4 Å². The van der Waals surface area contributed by atoms with E-state index in [1.54, 1.807) is 0 Å². The highest BCUT2D eigenvalue weighted by Crippen LogP contribution is 2.25. The lowest BCUT2D eigenvalue weighted by Gasteiger charge is -1.81. The van der Waals surface area contributed by atoms with Crippen molar-refractivity contribution in [3.8, 4) is 0 Å². The fourth-order valence-electron chi connectivity index (χ4n) is 0.184. The summed E-state index contributed by atoms with van der Waals surface area (Å²) in [6, 6.07) is 0. The quantitative estimate of drug-likeness (QED) is 0.357. The Morgan fingerprint density at radius 3 is 2.20 bits per heavy atom. The summed E-state index contributed by atoms with van der Waals surface area (Å²) in [5, 5.41) is 0. The lowest BCUT2D eigenvalue weighted by Crippen LogP contribution is -1.96. The highest BCUT2D eigenvalue weighted by atomic mass is 32.2. The van der Waals surface area contributed by atoms with E-state index in [-0.39, 0.29) is 0 Å². The lowest BCUT2D eigenvalue weighted by atomic mass is 11.8. The highest BCUT2D eigenvalue weighted by molar-refractivity contribution is 7.88. The Hall–Kier alpha value is -0.0700. The Labute approximate surface area is 59.1 Å². The first kappa shape index (κ1) is 9.93. The molecule has 8 heteroatoms. The Morgan fingerprint density at radius 2 is 1.90 bits per heavy atom. The van der Waals surface area contributed by atoms with Gasteiger partial charge in [-0.25, -0.2) is 0 Å². The van der Waals surface area contributed by atoms with Gasteiger partial charge >= 0.3 is 18.4 Å². The zero-order chi connectivity index (χ0) is 8.20. The average molecular weight is 189 g/mol. The average Bonchev–Trinajstić information content (AvgIpc) is 1.59. The van der Waals surface area contributed by atoms with Gasteiger partial charge in [-0.15, -0.1) is 0 Å². The molecule has 10 heavy (non-hydrogen) atoms. The molecule has 1 atom stereocenters. The van der Waals surface area contributed by atoms with Crippen molar-refractivity contribution in [3.63, 3.8) is 0 Å². The Bertz CT molecular complexity index is 206. The van der Waals surface area contributed by atoms with Crippen LogP contribution in [0.15, 0.2) is 0 Å². The van der Waals surface area contributed by atoms with E-state index in [9.17, 15) is 13.0 Å². The predicted molar refractivity (Wildman–Crippen MR) is 31.6 cm³/mol. The minimum absolute atomic E-state index is 0.749. The van der Waals surface area contributed by atoms with Crippen LogP contribution in [0.3, 0.4) is 0 Å². The molecule has 0 aromatic rings. The standard InChI is InChI=1S/C2H6O6PS/c1-6-7-9(3)8-10(2,4)5/h1-2H3/q+1. The van der Waals surface area contributed by atoms with Gasteiger partial charge < -0.3 is 0 Å². The van der Waals surface area contributed by atoms with Crippen molar-refractivity contribution in [2.75, 3.05) is 13.4 Å². The zero-order valence-corrected chi connectivity index (χ0v) is 7.02. The van der Waals surface area contributed by atoms with E-state index in [1.165, 1.54) is 0 Å². The molecule has 0 fully saturated rings. The van der Waals surface area contributed by atoms with Crippen molar-refractivity contribution in [2.24, 2.45) is 0 Å². The summed E-state index contributed by atoms with van der Waals surface area (Å²) in [5.74, 6) is 0. The van der Waals surface area contributed by atoms with E-state index < -0.39 is 18.4 Å². The van der Waals surface area contributed by atoms with Gasteiger partial charge in [-0.1, -0.05) is 0 Å². The molecule has 0 radical (unpaired) electrons. The zero-order valence-electron chi connectivity index (χ0n) is 5.30. The maximum Gasteiger partial charge on any atom is 0.745 e. The highest BCUT2D eigenvalue weighted by Gasteiger charge is 2.28. The van der Waals surface area contributed by atoms with Gasteiger partial charge in [0.2, 0.25) is 0 Å². The van der Waals surface area contributed by atoms with Gasteiger partial charge in [0.05, 0.1) is 18.0 Å². The van der Waals surface area contributed by atoms with Crippen LogP contribution in [0.4, 0.5) is 0 Å². The van der Waals surface area contributed by atoms with Crippen molar-refractivity contribution in [2.45, 2.75) is 0 Å². The van der Waals surface area contributed by atoms with Gasteiger partial charge in [0.25, 0.3) is 0 Å². The van der Waals surface area contributed by atoms with E-state index in [0.717, 1.165) is 13.4 Å². The van der Waals surface area contributed by atoms with Crippen molar-refractivity contribution in [1.82, 2.24) is 0 Å². The summed E-state index contributed by atoms with van der Waals surface area (Å²) in [7, 11) is -5.38. The van der Waals surface area contributed by atoms with Gasteiger partial charge in [0, 0.05) is 8.54 Å². The van der Waals surface area contributed by atoms with E-state index in [0.29, 0.717) is 0 Å². The summed E-state index contributed by atoms with van der Waals surface area (Å²) < 4.78 is 38.2. The molecule has 0 aromatic heterocycles. The molecule has 0 bridgehead atoms. The van der Waals surface area contributed by atoms with E-state index in [4.69, 9.17) is 0 Å². The minimum Gasteiger partial charge on any atom is -0.196 e. The van der Waals surface area contributed by atoms with E-state index >= 15 is 0 Å². The SMILES string of the molecule is COO[P+](=O)OS(C)(=O)=O. The summed E-state index contributed by atoms with van der Waals surface area (Å²) in [6.45, 7) is 0. The molecular formula is C2H6O6PS+. The summed E-state index contributed by atoms with van der Waals surface area (Å²) in [4.78, 5) is 3.88. The topological polar surface area (TPSA) is 78.9 Å². The first-order valence-electron chi connectivity index (χ1n) is 2.03. The molecule has 0 saturated heterocycles. The smallest absolute Gasteiger partial charge is 0.196 e. The fraction of sp³-hybridized carbons (Fsp3) is 1.00. The van der Waals surface area contributed by atoms with Crippen molar-refractivity contribution in [1.29, 1.82) is 0 Å². The molecule has 1 unspecified atom stereocenters. The Balaban J connectivity index is 3.82. The second-order valence-corrected chi connectivity index (χ2v) is 3.84. The van der Waals surface area contributed by atoms with Gasteiger partial charge in [-0.05, 0) is 0 Å². The molecule has 0 rings (SSSR count). The largest absolute Gasteiger partial charge is 0.745 e. The van der Waals surface area contributed by atoms with Gasteiger partial charge in [-0.3, -0.25) is 0 Å². The monoisotopic (exact) mass is 189 g/mol. The molecule has 60 valence electrons. The van der Waals surface area contributed by atoms with Crippen LogP contribution in [0.5, 0.6) is 0 Å². The molecule has 0 amide bonds. The normalized spacial score (nSPS) is 13.2. The van der Waals surface area contributed by atoms with Crippen LogP contribution in [0.2, 0.25) is 0 Å². The maximum absolute atomic E-state index is 10.3. The molecular weight excluding hydrogens is 183 g/mol. The second-order valence-electron chi connectivity index (χ2n) is 1.24. The molecule has 0 saturated carbocycles. The van der Waals surface area contributed by atoms with Crippen LogP contribution in [0, 0.1) is 0 Å². The van der Waals surface area contributed by atoms with Crippen LogP contribution in [0.25, 0.3) is 0 Å². The van der Waals surface area contributed by atoms with E-state index in [2.05, 4.69) is 13.5 Å². The molecule has 0 aromatic carbocycles. The predicted octanol–water partition coefficient (Wildman–Crippen LogP) is 0.198. The van der Waals surface area contributed by atoms with Crippen LogP contribution >= 0.6 is 8.25 Å². The number of hydrogen-bond donors (Lipinski definition) is 0. The number of hydrogen-bond acceptors (Lipinski definition) is 6. The minimum atomic E-state index is -3.73. The maximum atomic E-state index is 10.3. The van der Waals surface area contributed by atoms with Crippen molar-refractivity contribution < 1.29 is 26.5 Å². The molecule has 0 aliphatic rings. The van der Waals surface area contributed by atoms with Crippen molar-refractivity contribution in [3.05, 3.63) is 0 Å². The van der Waals surface area contributed by atoms with Crippen LogP contribution in [-0.2, 0) is 28.2 Å². The first-order valence-corrected chi connectivity index (χ1v) is 4.94. The fourth-order valence-corrected chi connectivity index (χ4v) is 1.29. The summed E-state index contributed by atoms with van der Waals surface area (Å²) in [5.41, 5.74) is 0. The van der Waals surface area contributed by atoms with Gasteiger partial charge in [0.1, 0.15) is 0 Å². The summed E-state index contributed by atoms with van der Waals surface area (Å²) in [6.07, 6.45) is 0.749. The summed E-state index contributed by atoms with van der Waals surface area (Å²) >= 11 is 0. The van der Waals surface area contributed by atoms with Crippen LogP contribution < -0.4 is 0 Å². The first-order chi connectivity index (χ1) is 4.45.